The molecule has 0 unspecified atom stereocenters. The molecule has 8 heteroatoms. The third kappa shape index (κ3) is 3.77. The van der Waals surface area contributed by atoms with Crippen molar-refractivity contribution in [1.29, 1.82) is 0 Å². The Morgan fingerprint density at radius 2 is 1.82 bits per heavy atom. The summed E-state index contributed by atoms with van der Waals surface area (Å²) in [5, 5.41) is 11.4. The predicted octanol–water partition coefficient (Wildman–Crippen LogP) is 4.74. The highest BCUT2D eigenvalue weighted by Gasteiger charge is 2.14. The second kappa shape index (κ2) is 8.25. The number of hydrogen-bond acceptors (Lipinski definition) is 5. The zero-order valence-corrected chi connectivity index (χ0v) is 18.0. The SMILES string of the molecule is O=C(Cc1ccccc1)Nc1cncc(-c2ccc3[nH]nc(-c4nc5ncccc5[nH]4)c3c2)c1. The van der Waals surface area contributed by atoms with Crippen molar-refractivity contribution < 1.29 is 4.79 Å². The second-order valence-corrected chi connectivity index (χ2v) is 7.97. The van der Waals surface area contributed by atoms with Crippen LogP contribution in [0, 0.1) is 0 Å². The second-order valence-electron chi connectivity index (χ2n) is 7.97. The quantitative estimate of drug-likeness (QED) is 0.355. The number of rotatable bonds is 5. The van der Waals surface area contributed by atoms with Crippen LogP contribution in [-0.4, -0.2) is 36.0 Å². The molecule has 0 aliphatic rings. The Hall–Kier alpha value is -4.85. The summed E-state index contributed by atoms with van der Waals surface area (Å²) in [4.78, 5) is 29.0. The van der Waals surface area contributed by atoms with Crippen molar-refractivity contribution >= 4 is 33.7 Å². The van der Waals surface area contributed by atoms with E-state index in [1.54, 1.807) is 18.6 Å². The van der Waals surface area contributed by atoms with E-state index in [4.69, 9.17) is 0 Å². The van der Waals surface area contributed by atoms with Gasteiger partial charge in [0.2, 0.25) is 5.91 Å². The first-order valence-electron chi connectivity index (χ1n) is 10.8. The van der Waals surface area contributed by atoms with Gasteiger partial charge in [0.15, 0.2) is 11.5 Å². The van der Waals surface area contributed by atoms with Gasteiger partial charge in [-0.3, -0.25) is 14.9 Å². The Morgan fingerprint density at radius 3 is 2.71 bits per heavy atom. The van der Waals surface area contributed by atoms with Gasteiger partial charge in [-0.2, -0.15) is 5.10 Å². The number of nitrogens with one attached hydrogen (secondary N) is 3. The van der Waals surface area contributed by atoms with Crippen LogP contribution in [-0.2, 0) is 11.2 Å². The minimum Gasteiger partial charge on any atom is -0.335 e. The number of fused-ring (bicyclic) bond motifs is 2. The molecule has 4 aromatic heterocycles. The summed E-state index contributed by atoms with van der Waals surface area (Å²) in [6.45, 7) is 0. The number of amides is 1. The van der Waals surface area contributed by atoms with Crippen LogP contribution in [0.3, 0.4) is 0 Å². The van der Waals surface area contributed by atoms with E-state index < -0.39 is 0 Å². The molecule has 3 N–H and O–H groups in total. The van der Waals surface area contributed by atoms with E-state index in [1.165, 1.54) is 0 Å². The predicted molar refractivity (Wildman–Crippen MR) is 131 cm³/mol. The van der Waals surface area contributed by atoms with Crippen molar-refractivity contribution in [2.24, 2.45) is 0 Å². The van der Waals surface area contributed by atoms with E-state index in [1.807, 2.05) is 66.7 Å². The van der Waals surface area contributed by atoms with Crippen molar-refractivity contribution in [1.82, 2.24) is 30.1 Å². The van der Waals surface area contributed by atoms with Gasteiger partial charge in [0.1, 0.15) is 5.69 Å². The van der Waals surface area contributed by atoms with Gasteiger partial charge >= 0.3 is 0 Å². The summed E-state index contributed by atoms with van der Waals surface area (Å²) in [6.07, 6.45) is 5.45. The van der Waals surface area contributed by atoms with Gasteiger partial charge in [0, 0.05) is 23.3 Å². The fraction of sp³-hybridized carbons (Fsp3) is 0.0385. The lowest BCUT2D eigenvalue weighted by atomic mass is 10.0. The molecule has 6 aromatic rings. The molecule has 2 aromatic carbocycles. The van der Waals surface area contributed by atoms with Crippen molar-refractivity contribution in [2.75, 3.05) is 5.32 Å². The average Bonchev–Trinajstić information content (AvgIpc) is 3.48. The largest absolute Gasteiger partial charge is 0.335 e. The van der Waals surface area contributed by atoms with E-state index in [9.17, 15) is 4.79 Å². The summed E-state index contributed by atoms with van der Waals surface area (Å²) in [7, 11) is 0. The van der Waals surface area contributed by atoms with E-state index in [0.717, 1.165) is 38.8 Å². The van der Waals surface area contributed by atoms with Gasteiger partial charge < -0.3 is 10.3 Å². The van der Waals surface area contributed by atoms with Gasteiger partial charge in [0.05, 0.1) is 29.3 Å². The standard InChI is InChI=1S/C26H19N7O/c34-23(11-16-5-2-1-3-6-16)29-19-12-18(14-27-15-19)17-8-9-21-20(13-17)24(33-32-21)26-30-22-7-4-10-28-25(22)31-26/h1-10,12-15H,11H2,(H,29,34)(H,32,33)(H,28,30,31). The Morgan fingerprint density at radius 1 is 0.912 bits per heavy atom. The molecular formula is C26H19N7O. The van der Waals surface area contributed by atoms with Gasteiger partial charge in [-0.25, -0.2) is 9.97 Å². The molecule has 0 saturated carbocycles. The monoisotopic (exact) mass is 445 g/mol. The molecule has 0 atom stereocenters. The van der Waals surface area contributed by atoms with Crippen LogP contribution in [0.25, 0.3) is 44.7 Å². The third-order valence-corrected chi connectivity index (χ3v) is 5.61. The topological polar surface area (TPSA) is 112 Å². The van der Waals surface area contributed by atoms with Crippen molar-refractivity contribution in [2.45, 2.75) is 6.42 Å². The highest BCUT2D eigenvalue weighted by Crippen LogP contribution is 2.30. The number of aromatic amines is 2. The van der Waals surface area contributed by atoms with E-state index in [-0.39, 0.29) is 5.91 Å². The fourth-order valence-electron chi connectivity index (χ4n) is 3.98. The lowest BCUT2D eigenvalue weighted by molar-refractivity contribution is -0.115. The van der Waals surface area contributed by atoms with Crippen LogP contribution in [0.5, 0.6) is 0 Å². The van der Waals surface area contributed by atoms with Crippen LogP contribution in [0.15, 0.2) is 85.3 Å². The maximum Gasteiger partial charge on any atom is 0.228 e. The first kappa shape index (κ1) is 19.8. The average molecular weight is 445 g/mol. The van der Waals surface area contributed by atoms with Gasteiger partial charge in [-0.05, 0) is 41.5 Å². The highest BCUT2D eigenvalue weighted by atomic mass is 16.1. The highest BCUT2D eigenvalue weighted by molar-refractivity contribution is 5.96. The molecule has 8 nitrogen and oxygen atoms in total. The minimum atomic E-state index is -0.0868. The minimum absolute atomic E-state index is 0.0868. The fourth-order valence-corrected chi connectivity index (χ4v) is 3.98. The van der Waals surface area contributed by atoms with E-state index in [0.29, 0.717) is 23.6 Å². The first-order valence-corrected chi connectivity index (χ1v) is 10.8. The van der Waals surface area contributed by atoms with Crippen molar-refractivity contribution in [3.63, 3.8) is 0 Å². The summed E-state index contributed by atoms with van der Waals surface area (Å²) in [5.74, 6) is 0.563. The van der Waals surface area contributed by atoms with Crippen LogP contribution < -0.4 is 5.32 Å². The zero-order chi connectivity index (χ0) is 22.9. The molecule has 34 heavy (non-hydrogen) atoms. The molecular weight excluding hydrogens is 426 g/mol. The maximum absolute atomic E-state index is 12.5. The molecule has 0 aliphatic heterocycles. The summed E-state index contributed by atoms with van der Waals surface area (Å²) in [6, 6.07) is 21.4. The van der Waals surface area contributed by atoms with E-state index >= 15 is 0 Å². The smallest absolute Gasteiger partial charge is 0.228 e. The zero-order valence-electron chi connectivity index (χ0n) is 18.0. The Labute approximate surface area is 194 Å². The Bertz CT molecular complexity index is 1600. The van der Waals surface area contributed by atoms with Gasteiger partial charge in [0.25, 0.3) is 0 Å². The number of aromatic nitrogens is 6. The number of anilines is 1. The maximum atomic E-state index is 12.5. The number of pyridine rings is 2. The van der Waals surface area contributed by atoms with Gasteiger partial charge in [-0.15, -0.1) is 0 Å². The van der Waals surface area contributed by atoms with Crippen LogP contribution in [0.4, 0.5) is 5.69 Å². The van der Waals surface area contributed by atoms with Gasteiger partial charge in [-0.1, -0.05) is 36.4 Å². The molecule has 1 amide bonds. The molecule has 0 aliphatic carbocycles. The third-order valence-electron chi connectivity index (χ3n) is 5.61. The summed E-state index contributed by atoms with van der Waals surface area (Å²) in [5.41, 5.74) is 6.56. The molecule has 0 bridgehead atoms. The number of nitrogens with zero attached hydrogens (tertiary/aromatic N) is 4. The van der Waals surface area contributed by atoms with E-state index in [2.05, 4.69) is 35.5 Å². The Balaban J connectivity index is 1.30. The lowest BCUT2D eigenvalue weighted by Gasteiger charge is -2.08. The van der Waals surface area contributed by atoms with Crippen LogP contribution in [0.2, 0.25) is 0 Å². The molecule has 164 valence electrons. The molecule has 0 fully saturated rings. The number of benzene rings is 2. The molecule has 4 heterocycles. The van der Waals surface area contributed by atoms with Crippen LogP contribution >= 0.6 is 0 Å². The number of carbonyl (C=O) groups is 1. The molecule has 0 spiro atoms. The first-order chi connectivity index (χ1) is 16.7. The molecule has 0 radical (unpaired) electrons. The normalized spacial score (nSPS) is 11.2. The number of hydrogen-bond donors (Lipinski definition) is 3. The van der Waals surface area contributed by atoms with Crippen molar-refractivity contribution in [3.8, 4) is 22.6 Å². The number of H-pyrrole nitrogens is 2. The Kier molecular flexibility index (Phi) is 4.81. The molecule has 6 rings (SSSR count). The lowest BCUT2D eigenvalue weighted by Crippen LogP contribution is -2.14. The number of carbonyl (C=O) groups excluding carboxylic acids is 1. The van der Waals surface area contributed by atoms with Crippen LogP contribution in [0.1, 0.15) is 5.56 Å². The summed E-state index contributed by atoms with van der Waals surface area (Å²) >= 11 is 0. The summed E-state index contributed by atoms with van der Waals surface area (Å²) < 4.78 is 0. The van der Waals surface area contributed by atoms with Crippen molar-refractivity contribution in [3.05, 3.63) is 90.9 Å². The number of imidazole rings is 1. The molecule has 0 saturated heterocycles.